The number of nitrogens with one attached hydrogen (secondary N) is 1. The highest BCUT2D eigenvalue weighted by Crippen LogP contribution is 2.17. The molecule has 3 N–H and O–H groups in total. The van der Waals surface area contributed by atoms with Crippen molar-refractivity contribution in [1.82, 2.24) is 5.32 Å². The van der Waals surface area contributed by atoms with Crippen molar-refractivity contribution in [3.05, 3.63) is 29.8 Å². The van der Waals surface area contributed by atoms with Gasteiger partial charge in [-0.1, -0.05) is 37.5 Å². The van der Waals surface area contributed by atoms with E-state index in [4.69, 9.17) is 10.5 Å². The Morgan fingerprint density at radius 2 is 2.05 bits per heavy atom. The van der Waals surface area contributed by atoms with Gasteiger partial charge in [-0.3, -0.25) is 0 Å². The molecule has 0 aromatic heterocycles. The van der Waals surface area contributed by atoms with Crippen LogP contribution in [0.2, 0.25) is 0 Å². The lowest BCUT2D eigenvalue weighted by Crippen LogP contribution is -2.41. The average Bonchev–Trinajstić information content (AvgIpc) is 2.46. The van der Waals surface area contributed by atoms with Crippen molar-refractivity contribution >= 4 is 5.96 Å². The Kier molecular flexibility index (Phi) is 5.71. The maximum atomic E-state index is 5.90. The minimum atomic E-state index is 0.504. The second-order valence-corrected chi connectivity index (χ2v) is 5.36. The largest absolute Gasteiger partial charge is 0.491 e. The van der Waals surface area contributed by atoms with E-state index in [2.05, 4.69) is 10.3 Å². The van der Waals surface area contributed by atoms with Gasteiger partial charge in [-0.15, -0.1) is 0 Å². The summed E-state index contributed by atoms with van der Waals surface area (Å²) in [7, 11) is 0. The van der Waals surface area contributed by atoms with Crippen molar-refractivity contribution in [1.29, 1.82) is 0 Å². The van der Waals surface area contributed by atoms with Gasteiger partial charge in [-0.25, -0.2) is 4.99 Å². The topological polar surface area (TPSA) is 59.6 Å². The van der Waals surface area contributed by atoms with Crippen LogP contribution in [0.15, 0.2) is 29.3 Å². The highest BCUT2D eigenvalue weighted by Gasteiger charge is 2.13. The van der Waals surface area contributed by atoms with E-state index in [1.807, 2.05) is 31.2 Å². The molecular formula is C16H25N3O. The zero-order valence-corrected chi connectivity index (χ0v) is 12.3. The van der Waals surface area contributed by atoms with E-state index in [-0.39, 0.29) is 0 Å². The third-order valence-electron chi connectivity index (χ3n) is 3.68. The molecule has 0 spiro atoms. The highest BCUT2D eigenvalue weighted by atomic mass is 16.5. The number of nitrogens with zero attached hydrogens (tertiary/aromatic N) is 1. The van der Waals surface area contributed by atoms with Crippen molar-refractivity contribution in [3.63, 3.8) is 0 Å². The standard InChI is InChI=1S/C16H25N3O/c1-13-7-5-6-10-15(13)20-12-11-18-16(17)19-14-8-3-2-4-9-14/h5-7,10,14H,2-4,8-9,11-12H2,1H3,(H3,17,18,19). The van der Waals surface area contributed by atoms with E-state index in [0.29, 0.717) is 25.2 Å². The van der Waals surface area contributed by atoms with Gasteiger partial charge in [0.05, 0.1) is 6.54 Å². The van der Waals surface area contributed by atoms with Crippen molar-refractivity contribution in [3.8, 4) is 5.75 Å². The number of aliphatic imine (C=N–C) groups is 1. The number of para-hydroxylation sites is 1. The maximum absolute atomic E-state index is 5.90. The van der Waals surface area contributed by atoms with E-state index in [9.17, 15) is 0 Å². The van der Waals surface area contributed by atoms with Crippen molar-refractivity contribution in [2.45, 2.75) is 45.1 Å². The first-order chi connectivity index (χ1) is 9.75. The van der Waals surface area contributed by atoms with Gasteiger partial charge in [0.25, 0.3) is 0 Å². The second-order valence-electron chi connectivity index (χ2n) is 5.36. The first-order valence-corrected chi connectivity index (χ1v) is 7.50. The van der Waals surface area contributed by atoms with Crippen LogP contribution in [0.5, 0.6) is 5.75 Å². The summed E-state index contributed by atoms with van der Waals surface area (Å²) in [5.41, 5.74) is 7.04. The summed E-state index contributed by atoms with van der Waals surface area (Å²) in [5, 5.41) is 3.30. The number of benzene rings is 1. The molecule has 0 bridgehead atoms. The van der Waals surface area contributed by atoms with Gasteiger partial charge in [0.2, 0.25) is 0 Å². The molecule has 1 saturated carbocycles. The molecule has 4 heteroatoms. The molecule has 0 heterocycles. The SMILES string of the molecule is Cc1ccccc1OCCN=C(N)NC1CCCCC1. The third kappa shape index (κ3) is 4.76. The normalized spacial score (nSPS) is 16.9. The van der Waals surface area contributed by atoms with Crippen LogP contribution in [-0.2, 0) is 0 Å². The number of rotatable bonds is 5. The summed E-state index contributed by atoms with van der Waals surface area (Å²) in [6.07, 6.45) is 6.34. The Morgan fingerprint density at radius 3 is 2.80 bits per heavy atom. The van der Waals surface area contributed by atoms with Gasteiger partial charge in [-0.2, -0.15) is 0 Å². The lowest BCUT2D eigenvalue weighted by atomic mass is 9.96. The van der Waals surface area contributed by atoms with Crippen LogP contribution in [-0.4, -0.2) is 25.2 Å². The minimum Gasteiger partial charge on any atom is -0.491 e. The number of aryl methyl sites for hydroxylation is 1. The molecule has 0 aliphatic heterocycles. The quantitative estimate of drug-likeness (QED) is 0.493. The summed E-state index contributed by atoms with van der Waals surface area (Å²) in [6, 6.07) is 8.50. The summed E-state index contributed by atoms with van der Waals surface area (Å²) >= 11 is 0. The Labute approximate surface area is 121 Å². The Morgan fingerprint density at radius 1 is 1.30 bits per heavy atom. The third-order valence-corrected chi connectivity index (χ3v) is 3.68. The number of guanidine groups is 1. The molecule has 0 saturated heterocycles. The van der Waals surface area contributed by atoms with Crippen LogP contribution in [0.25, 0.3) is 0 Å². The first-order valence-electron chi connectivity index (χ1n) is 7.50. The van der Waals surface area contributed by atoms with E-state index in [1.54, 1.807) is 0 Å². The van der Waals surface area contributed by atoms with Gasteiger partial charge in [0.1, 0.15) is 12.4 Å². The lowest BCUT2D eigenvalue weighted by Gasteiger charge is -2.23. The maximum Gasteiger partial charge on any atom is 0.188 e. The van der Waals surface area contributed by atoms with Gasteiger partial charge in [-0.05, 0) is 31.4 Å². The smallest absolute Gasteiger partial charge is 0.188 e. The van der Waals surface area contributed by atoms with Crippen molar-refractivity contribution < 1.29 is 4.74 Å². The van der Waals surface area contributed by atoms with Crippen LogP contribution < -0.4 is 15.8 Å². The first kappa shape index (κ1) is 14.7. The van der Waals surface area contributed by atoms with Crippen LogP contribution in [0.3, 0.4) is 0 Å². The monoisotopic (exact) mass is 275 g/mol. The van der Waals surface area contributed by atoms with E-state index in [0.717, 1.165) is 11.3 Å². The molecule has 1 fully saturated rings. The molecule has 0 unspecified atom stereocenters. The summed E-state index contributed by atoms with van der Waals surface area (Å²) in [6.45, 7) is 3.18. The summed E-state index contributed by atoms with van der Waals surface area (Å²) in [4.78, 5) is 4.32. The van der Waals surface area contributed by atoms with E-state index >= 15 is 0 Å². The van der Waals surface area contributed by atoms with Crippen LogP contribution in [0.4, 0.5) is 0 Å². The number of nitrogens with two attached hydrogens (primary N) is 1. The van der Waals surface area contributed by atoms with Crippen molar-refractivity contribution in [2.24, 2.45) is 10.7 Å². The highest BCUT2D eigenvalue weighted by molar-refractivity contribution is 5.78. The Bertz CT molecular complexity index is 439. The fourth-order valence-corrected chi connectivity index (χ4v) is 2.54. The van der Waals surface area contributed by atoms with Crippen molar-refractivity contribution in [2.75, 3.05) is 13.2 Å². The predicted octanol–water partition coefficient (Wildman–Crippen LogP) is 2.61. The minimum absolute atomic E-state index is 0.504. The van der Waals surface area contributed by atoms with Gasteiger partial charge in [0, 0.05) is 6.04 Å². The molecule has 1 aliphatic rings. The van der Waals surface area contributed by atoms with Gasteiger partial charge >= 0.3 is 0 Å². The van der Waals surface area contributed by atoms with E-state index < -0.39 is 0 Å². The average molecular weight is 275 g/mol. The van der Waals surface area contributed by atoms with Gasteiger partial charge in [0.15, 0.2) is 5.96 Å². The molecule has 20 heavy (non-hydrogen) atoms. The van der Waals surface area contributed by atoms with Crippen LogP contribution in [0, 0.1) is 6.92 Å². The fraction of sp³-hybridized carbons (Fsp3) is 0.562. The molecule has 1 aliphatic carbocycles. The number of hydrogen-bond donors (Lipinski definition) is 2. The summed E-state index contributed by atoms with van der Waals surface area (Å²) < 4.78 is 5.69. The molecule has 2 rings (SSSR count). The second kappa shape index (κ2) is 7.78. The number of hydrogen-bond acceptors (Lipinski definition) is 2. The Balaban J connectivity index is 1.68. The van der Waals surface area contributed by atoms with E-state index in [1.165, 1.54) is 32.1 Å². The zero-order chi connectivity index (χ0) is 14.2. The molecule has 0 amide bonds. The molecular weight excluding hydrogens is 250 g/mol. The molecule has 0 atom stereocenters. The Hall–Kier alpha value is -1.71. The lowest BCUT2D eigenvalue weighted by molar-refractivity contribution is 0.326. The molecule has 4 nitrogen and oxygen atoms in total. The summed E-state index contributed by atoms with van der Waals surface area (Å²) in [5.74, 6) is 1.46. The molecule has 1 aromatic carbocycles. The van der Waals surface area contributed by atoms with Crippen LogP contribution in [0.1, 0.15) is 37.7 Å². The molecule has 110 valence electrons. The molecule has 1 aromatic rings. The molecule has 0 radical (unpaired) electrons. The fourth-order valence-electron chi connectivity index (χ4n) is 2.54. The predicted molar refractivity (Wildman–Crippen MR) is 83.2 cm³/mol. The van der Waals surface area contributed by atoms with Crippen LogP contribution >= 0.6 is 0 Å². The zero-order valence-electron chi connectivity index (χ0n) is 12.3. The van der Waals surface area contributed by atoms with Gasteiger partial charge < -0.3 is 15.8 Å². The number of ether oxygens (including phenoxy) is 1.